The summed E-state index contributed by atoms with van der Waals surface area (Å²) in [5.41, 5.74) is 11.1. The van der Waals surface area contributed by atoms with Crippen molar-refractivity contribution in [1.29, 1.82) is 0 Å². The second kappa shape index (κ2) is 8.17. The standard InChI is InChI=1S/C10H24N2O2/c1-3-13-10(9-12,14-4-2)7-5-6-8-11/h3-9,11-12H2,1-2H3. The maximum atomic E-state index is 5.68. The number of nitrogens with two attached hydrogens (primary N) is 2. The Morgan fingerprint density at radius 3 is 1.93 bits per heavy atom. The van der Waals surface area contributed by atoms with Crippen molar-refractivity contribution in [3.8, 4) is 0 Å². The molecule has 0 atom stereocenters. The average Bonchev–Trinajstić information content (AvgIpc) is 2.19. The molecule has 0 aliphatic heterocycles. The van der Waals surface area contributed by atoms with Crippen molar-refractivity contribution in [3.05, 3.63) is 0 Å². The molecular formula is C10H24N2O2. The zero-order valence-electron chi connectivity index (χ0n) is 9.42. The number of rotatable bonds is 9. The minimum absolute atomic E-state index is 0.402. The van der Waals surface area contributed by atoms with Crippen molar-refractivity contribution in [3.63, 3.8) is 0 Å². The molecule has 0 aromatic carbocycles. The van der Waals surface area contributed by atoms with Crippen molar-refractivity contribution in [2.45, 2.75) is 38.9 Å². The first-order valence-electron chi connectivity index (χ1n) is 5.42. The van der Waals surface area contributed by atoms with E-state index in [1.165, 1.54) is 0 Å². The van der Waals surface area contributed by atoms with Crippen molar-refractivity contribution >= 4 is 0 Å². The van der Waals surface area contributed by atoms with Gasteiger partial charge >= 0.3 is 0 Å². The van der Waals surface area contributed by atoms with Crippen LogP contribution >= 0.6 is 0 Å². The predicted octanol–water partition coefficient (Wildman–Crippen LogP) is 0.843. The predicted molar refractivity (Wildman–Crippen MR) is 57.9 cm³/mol. The lowest BCUT2D eigenvalue weighted by Gasteiger charge is -2.32. The van der Waals surface area contributed by atoms with Crippen molar-refractivity contribution in [2.24, 2.45) is 11.5 Å². The van der Waals surface area contributed by atoms with Gasteiger partial charge in [0.1, 0.15) is 0 Å². The number of hydrogen-bond acceptors (Lipinski definition) is 4. The van der Waals surface area contributed by atoms with Gasteiger partial charge < -0.3 is 20.9 Å². The number of hydrogen-bond donors (Lipinski definition) is 2. The molecule has 0 spiro atoms. The van der Waals surface area contributed by atoms with Gasteiger partial charge in [-0.3, -0.25) is 0 Å². The fraction of sp³-hybridized carbons (Fsp3) is 1.00. The lowest BCUT2D eigenvalue weighted by molar-refractivity contribution is -0.230. The van der Waals surface area contributed by atoms with E-state index in [0.717, 1.165) is 19.3 Å². The van der Waals surface area contributed by atoms with Crippen LogP contribution in [0.4, 0.5) is 0 Å². The Hall–Kier alpha value is -0.160. The van der Waals surface area contributed by atoms with Gasteiger partial charge in [-0.25, -0.2) is 0 Å². The molecular weight excluding hydrogens is 180 g/mol. The third kappa shape index (κ3) is 4.91. The third-order valence-electron chi connectivity index (χ3n) is 2.14. The summed E-state index contributed by atoms with van der Waals surface area (Å²) >= 11 is 0. The van der Waals surface area contributed by atoms with Gasteiger partial charge in [0.05, 0.1) is 0 Å². The summed E-state index contributed by atoms with van der Waals surface area (Å²) in [6, 6.07) is 0. The Bertz CT molecular complexity index is 125. The van der Waals surface area contributed by atoms with Crippen LogP contribution in [-0.4, -0.2) is 32.1 Å². The third-order valence-corrected chi connectivity index (χ3v) is 2.14. The van der Waals surface area contributed by atoms with Crippen molar-refractivity contribution < 1.29 is 9.47 Å². The van der Waals surface area contributed by atoms with Crippen LogP contribution in [0.2, 0.25) is 0 Å². The molecule has 0 rings (SSSR count). The SMILES string of the molecule is CCOC(CN)(CCCCN)OCC. The van der Waals surface area contributed by atoms with E-state index in [1.54, 1.807) is 0 Å². The summed E-state index contributed by atoms with van der Waals surface area (Å²) in [5.74, 6) is -0.585. The molecule has 0 unspecified atom stereocenters. The highest BCUT2D eigenvalue weighted by Gasteiger charge is 2.28. The van der Waals surface area contributed by atoms with Crippen LogP contribution in [-0.2, 0) is 9.47 Å². The fourth-order valence-electron chi connectivity index (χ4n) is 1.47. The maximum Gasteiger partial charge on any atom is 0.180 e. The molecule has 0 heterocycles. The topological polar surface area (TPSA) is 70.5 Å². The molecule has 0 radical (unpaired) electrons. The van der Waals surface area contributed by atoms with Crippen molar-refractivity contribution in [2.75, 3.05) is 26.3 Å². The van der Waals surface area contributed by atoms with Crippen molar-refractivity contribution in [1.82, 2.24) is 0 Å². The minimum Gasteiger partial charge on any atom is -0.349 e. The van der Waals surface area contributed by atoms with Crippen LogP contribution in [0.25, 0.3) is 0 Å². The van der Waals surface area contributed by atoms with E-state index < -0.39 is 5.79 Å². The van der Waals surface area contributed by atoms with Gasteiger partial charge in [-0.05, 0) is 33.2 Å². The molecule has 0 aliphatic carbocycles. The largest absolute Gasteiger partial charge is 0.349 e. The second-order valence-corrected chi connectivity index (χ2v) is 3.23. The molecule has 0 saturated heterocycles. The summed E-state index contributed by atoms with van der Waals surface area (Å²) in [6.07, 6.45) is 2.80. The number of unbranched alkanes of at least 4 members (excludes halogenated alkanes) is 1. The van der Waals surface area contributed by atoms with Crippen LogP contribution in [0, 0.1) is 0 Å². The summed E-state index contributed by atoms with van der Waals surface area (Å²) in [4.78, 5) is 0. The lowest BCUT2D eigenvalue weighted by atomic mass is 10.1. The average molecular weight is 204 g/mol. The van der Waals surface area contributed by atoms with Crippen LogP contribution in [0.15, 0.2) is 0 Å². The quantitative estimate of drug-likeness (QED) is 0.431. The monoisotopic (exact) mass is 204 g/mol. The molecule has 0 saturated carbocycles. The first kappa shape index (κ1) is 13.8. The smallest absolute Gasteiger partial charge is 0.180 e. The summed E-state index contributed by atoms with van der Waals surface area (Å²) < 4.78 is 11.2. The van der Waals surface area contributed by atoms with Gasteiger partial charge in [-0.15, -0.1) is 0 Å². The van der Waals surface area contributed by atoms with Gasteiger partial charge in [-0.2, -0.15) is 0 Å². The summed E-state index contributed by atoms with van der Waals surface area (Å²) in [7, 11) is 0. The highest BCUT2D eigenvalue weighted by atomic mass is 16.7. The molecule has 0 aliphatic rings. The fourth-order valence-corrected chi connectivity index (χ4v) is 1.47. The molecule has 0 amide bonds. The van der Waals surface area contributed by atoms with E-state index in [2.05, 4.69) is 0 Å². The minimum atomic E-state index is -0.585. The van der Waals surface area contributed by atoms with Crippen LogP contribution in [0.1, 0.15) is 33.1 Å². The Labute approximate surface area is 86.9 Å². The molecule has 0 fully saturated rings. The van der Waals surface area contributed by atoms with E-state index in [0.29, 0.717) is 26.3 Å². The van der Waals surface area contributed by atoms with E-state index in [9.17, 15) is 0 Å². The molecule has 86 valence electrons. The van der Waals surface area contributed by atoms with Crippen LogP contribution in [0.3, 0.4) is 0 Å². The van der Waals surface area contributed by atoms with Crippen LogP contribution < -0.4 is 11.5 Å². The Morgan fingerprint density at radius 2 is 1.57 bits per heavy atom. The van der Waals surface area contributed by atoms with E-state index in [-0.39, 0.29) is 0 Å². The molecule has 4 N–H and O–H groups in total. The highest BCUT2D eigenvalue weighted by Crippen LogP contribution is 2.19. The molecule has 4 nitrogen and oxygen atoms in total. The van der Waals surface area contributed by atoms with Gasteiger partial charge in [-0.1, -0.05) is 0 Å². The van der Waals surface area contributed by atoms with Gasteiger partial charge in [0.15, 0.2) is 5.79 Å². The molecule has 0 aromatic rings. The van der Waals surface area contributed by atoms with Gasteiger partial charge in [0.2, 0.25) is 0 Å². The van der Waals surface area contributed by atoms with E-state index in [4.69, 9.17) is 20.9 Å². The zero-order chi connectivity index (χ0) is 10.9. The molecule has 0 aromatic heterocycles. The Balaban J connectivity index is 4.03. The summed E-state index contributed by atoms with van der Waals surface area (Å²) in [6.45, 7) is 6.26. The lowest BCUT2D eigenvalue weighted by Crippen LogP contribution is -2.43. The maximum absolute atomic E-state index is 5.68. The van der Waals surface area contributed by atoms with E-state index in [1.807, 2.05) is 13.8 Å². The van der Waals surface area contributed by atoms with E-state index >= 15 is 0 Å². The Kier molecular flexibility index (Phi) is 8.08. The summed E-state index contributed by atoms with van der Waals surface area (Å²) in [5, 5.41) is 0. The van der Waals surface area contributed by atoms with Gasteiger partial charge in [0.25, 0.3) is 0 Å². The molecule has 0 bridgehead atoms. The highest BCUT2D eigenvalue weighted by molar-refractivity contribution is 4.71. The first-order valence-corrected chi connectivity index (χ1v) is 5.42. The normalized spacial score (nSPS) is 12.0. The van der Waals surface area contributed by atoms with Crippen LogP contribution in [0.5, 0.6) is 0 Å². The number of ether oxygens (including phenoxy) is 2. The molecule has 14 heavy (non-hydrogen) atoms. The zero-order valence-corrected chi connectivity index (χ0v) is 9.42. The first-order chi connectivity index (χ1) is 6.74. The Morgan fingerprint density at radius 1 is 1.00 bits per heavy atom. The molecule has 4 heteroatoms. The second-order valence-electron chi connectivity index (χ2n) is 3.23. The van der Waals surface area contributed by atoms with Gasteiger partial charge in [0, 0.05) is 26.2 Å².